The van der Waals surface area contributed by atoms with Crippen molar-refractivity contribution in [3.05, 3.63) is 22.4 Å². The summed E-state index contributed by atoms with van der Waals surface area (Å²) in [5, 5.41) is 1.63. The fourth-order valence-electron chi connectivity index (χ4n) is 0.314. The van der Waals surface area contributed by atoms with Crippen molar-refractivity contribution >= 4 is 17.6 Å². The van der Waals surface area contributed by atoms with Crippen molar-refractivity contribution < 1.29 is 6.17 Å². The highest BCUT2D eigenvalue weighted by Crippen LogP contribution is 2.02. The molecule has 1 nitrogen and oxygen atoms in total. The van der Waals surface area contributed by atoms with E-state index in [2.05, 4.69) is 0 Å². The maximum atomic E-state index is 9.95. The van der Waals surface area contributed by atoms with Gasteiger partial charge in [0.2, 0.25) is 0 Å². The number of thiophene rings is 1. The van der Waals surface area contributed by atoms with Gasteiger partial charge in [0.25, 0.3) is 0 Å². The molecule has 0 unspecified atom stereocenters. The second-order valence-electron chi connectivity index (χ2n) is 1.07. The van der Waals surface area contributed by atoms with E-state index in [9.17, 15) is 4.79 Å². The van der Waals surface area contributed by atoms with E-state index < -0.39 is 0 Å². The molecule has 1 aromatic heterocycles. The minimum atomic E-state index is 0.414. The highest BCUT2D eigenvalue weighted by Gasteiger charge is 1.82. The van der Waals surface area contributed by atoms with E-state index in [1.54, 1.807) is 5.38 Å². The normalized spacial score (nSPS) is 10.6. The minimum Gasteiger partial charge on any atom is -0.297 e. The van der Waals surface area contributed by atoms with Gasteiger partial charge in [-0.15, -0.1) is 11.3 Å². The molecule has 0 fully saturated rings. The Hall–Kier alpha value is -0.630. The van der Waals surface area contributed by atoms with E-state index in [0.717, 1.165) is 6.29 Å². The van der Waals surface area contributed by atoms with Gasteiger partial charge in [-0.3, -0.25) is 4.79 Å². The van der Waals surface area contributed by atoms with Gasteiger partial charge in [0.1, 0.15) is 0 Å². The van der Waals surface area contributed by atoms with Gasteiger partial charge in [0.05, 0.1) is 6.25 Å². The number of hydrogen-bond donors (Lipinski definition) is 0. The summed E-state index contributed by atoms with van der Waals surface area (Å²) >= 11 is 1.29. The van der Waals surface area contributed by atoms with Gasteiger partial charge in [0.15, 0.2) is 6.29 Å². The van der Waals surface area contributed by atoms with Gasteiger partial charge in [-0.05, 0) is 11.4 Å². The quantitative estimate of drug-likeness (QED) is 0.505. The Balaban J connectivity index is 3.00. The van der Waals surface area contributed by atoms with Crippen molar-refractivity contribution in [3.8, 4) is 0 Å². The van der Waals surface area contributed by atoms with E-state index in [4.69, 9.17) is 1.37 Å². The highest BCUT2D eigenvalue weighted by atomic mass is 32.1. The van der Waals surface area contributed by atoms with Crippen molar-refractivity contribution in [3.63, 3.8) is 0 Å². The largest absolute Gasteiger partial charge is 0.297 e. The molecule has 0 N–H and O–H groups in total. The van der Waals surface area contributed by atoms with Crippen LogP contribution in [0, 0.1) is 0 Å². The van der Waals surface area contributed by atoms with Crippen LogP contribution in [-0.4, -0.2) is 6.29 Å². The molecule has 1 rings (SSSR count). The molecule has 7 heavy (non-hydrogen) atoms. The zero-order chi connectivity index (χ0) is 5.98. The van der Waals surface area contributed by atoms with Crippen molar-refractivity contribution in [2.24, 2.45) is 0 Å². The van der Waals surface area contributed by atoms with Crippen molar-refractivity contribution in [2.75, 3.05) is 0 Å². The van der Waals surface area contributed by atoms with Crippen LogP contribution in [0.25, 0.3) is 0 Å². The highest BCUT2D eigenvalue weighted by molar-refractivity contribution is 7.11. The fourth-order valence-corrected chi connectivity index (χ4v) is 0.778. The molecule has 2 heteroatoms. The first-order chi connectivity index (χ1) is 3.83. The Labute approximate surface area is 47.0 Å². The number of hydrogen-bond acceptors (Lipinski definition) is 2. The van der Waals surface area contributed by atoms with E-state index in [0.29, 0.717) is 10.9 Å². The summed E-state index contributed by atoms with van der Waals surface area (Å²) in [6.07, 6.45) is 0.753. The van der Waals surface area contributed by atoms with Gasteiger partial charge in [0, 0.05) is 0 Å². The third kappa shape index (κ3) is 0.871. The first kappa shape index (κ1) is 3.38. The molecule has 0 bridgehead atoms. The zero-order valence-corrected chi connectivity index (χ0v) is 4.37. The molecule has 1 heterocycles. The van der Waals surface area contributed by atoms with Crippen LogP contribution in [0.15, 0.2) is 17.5 Å². The van der Waals surface area contributed by atoms with Gasteiger partial charge in [-0.1, -0.05) is 6.04 Å². The van der Waals surface area contributed by atoms with E-state index in [1.807, 2.05) is 0 Å². The molecule has 0 radical (unpaired) electrons. The molecule has 0 amide bonds. The smallest absolute Gasteiger partial charge is 0.159 e. The molecular formula is C5H4OS. The van der Waals surface area contributed by atoms with Crippen LogP contribution in [0.3, 0.4) is 0 Å². The van der Waals surface area contributed by atoms with Crippen LogP contribution >= 0.6 is 11.3 Å². The Morgan fingerprint density at radius 3 is 3.14 bits per heavy atom. The number of carbonyl (C=O) groups excluding carboxylic acids is 1. The summed E-state index contributed by atoms with van der Waals surface area (Å²) in [6.45, 7) is 0. The molecule has 36 valence electrons. The van der Waals surface area contributed by atoms with Crippen molar-refractivity contribution in [1.29, 1.82) is 0 Å². The van der Waals surface area contributed by atoms with Crippen molar-refractivity contribution in [1.82, 2.24) is 0 Å². The van der Waals surface area contributed by atoms with Gasteiger partial charge < -0.3 is 0 Å². The average Bonchev–Trinajstić information content (AvgIpc) is 2.14. The summed E-state index contributed by atoms with van der Waals surface area (Å²) in [7, 11) is 0. The summed E-state index contributed by atoms with van der Waals surface area (Å²) in [5.74, 6) is 0. The lowest BCUT2D eigenvalue weighted by atomic mass is 10.5. The SMILES string of the molecule is [2H]c1csc(C=O)c1. The van der Waals surface area contributed by atoms with Crippen LogP contribution in [0.1, 0.15) is 11.0 Å². The predicted octanol–water partition coefficient (Wildman–Crippen LogP) is 1.56. The molecular weight excluding hydrogens is 108 g/mol. The standard InChI is InChI=1S/C5H4OS/c6-4-5-2-1-3-7-5/h1-4H/i1D. The minimum absolute atomic E-state index is 0.414. The lowest BCUT2D eigenvalue weighted by Crippen LogP contribution is -1.61. The molecule has 0 atom stereocenters. The average molecular weight is 113 g/mol. The first-order valence-electron chi connectivity index (χ1n) is 2.33. The number of aldehydes is 1. The van der Waals surface area contributed by atoms with E-state index in [1.165, 1.54) is 17.4 Å². The maximum absolute atomic E-state index is 9.95. The predicted molar refractivity (Wildman–Crippen MR) is 29.7 cm³/mol. The molecule has 0 aliphatic heterocycles. The Kier molecular flexibility index (Phi) is 0.912. The monoisotopic (exact) mass is 113 g/mol. The molecule has 0 aliphatic rings. The summed E-state index contributed by atoms with van der Waals surface area (Å²) < 4.78 is 6.97. The maximum Gasteiger partial charge on any atom is 0.159 e. The summed E-state index contributed by atoms with van der Waals surface area (Å²) in [6, 6.07) is 1.95. The third-order valence-electron chi connectivity index (χ3n) is 0.605. The van der Waals surface area contributed by atoms with Gasteiger partial charge in [-0.25, -0.2) is 0 Å². The zero-order valence-electron chi connectivity index (χ0n) is 4.55. The molecule has 0 saturated carbocycles. The molecule has 1 aromatic rings. The van der Waals surface area contributed by atoms with Gasteiger partial charge in [-0.2, -0.15) is 0 Å². The lowest BCUT2D eigenvalue weighted by molar-refractivity contribution is 0.112. The van der Waals surface area contributed by atoms with Crippen LogP contribution < -0.4 is 0 Å². The second-order valence-corrected chi connectivity index (χ2v) is 2.01. The Bertz CT molecular complexity index is 194. The topological polar surface area (TPSA) is 17.1 Å². The Morgan fingerprint density at radius 1 is 2.00 bits per heavy atom. The van der Waals surface area contributed by atoms with Crippen LogP contribution in [0.2, 0.25) is 0 Å². The lowest BCUT2D eigenvalue weighted by Gasteiger charge is -1.66. The van der Waals surface area contributed by atoms with Crippen LogP contribution in [-0.2, 0) is 0 Å². The Morgan fingerprint density at radius 2 is 2.86 bits per heavy atom. The van der Waals surface area contributed by atoms with E-state index in [-0.39, 0.29) is 0 Å². The molecule has 0 saturated heterocycles. The number of rotatable bonds is 1. The third-order valence-corrected chi connectivity index (χ3v) is 1.34. The first-order valence-corrected chi connectivity index (χ1v) is 2.71. The fraction of sp³-hybridized carbons (Fsp3) is 0. The molecule has 0 aromatic carbocycles. The van der Waals surface area contributed by atoms with Crippen LogP contribution in [0.5, 0.6) is 0 Å². The summed E-state index contributed by atoms with van der Waals surface area (Å²) in [5.41, 5.74) is 0. The van der Waals surface area contributed by atoms with Crippen molar-refractivity contribution in [2.45, 2.75) is 0 Å². The van der Waals surface area contributed by atoms with E-state index >= 15 is 0 Å². The second kappa shape index (κ2) is 1.89. The molecule has 0 spiro atoms. The number of carbonyl (C=O) groups is 1. The summed E-state index contributed by atoms with van der Waals surface area (Å²) in [4.78, 5) is 10.6. The van der Waals surface area contributed by atoms with Gasteiger partial charge >= 0.3 is 0 Å². The molecule has 0 aliphatic carbocycles. The van der Waals surface area contributed by atoms with Crippen LogP contribution in [0.4, 0.5) is 0 Å².